The molecular weight excluding hydrogens is 242 g/mol. The van der Waals surface area contributed by atoms with Crippen LogP contribution < -0.4 is 5.32 Å². The first kappa shape index (κ1) is 14.0. The number of carbonyl (C=O) groups is 3. The fraction of sp³-hybridized carbons (Fsp3) is 0.600. The van der Waals surface area contributed by atoms with Crippen molar-refractivity contribution in [2.24, 2.45) is 0 Å². The molecule has 0 saturated carbocycles. The number of amides is 1. The van der Waals surface area contributed by atoms with Gasteiger partial charge < -0.3 is 20.7 Å². The Morgan fingerprint density at radius 3 is 2.67 bits per heavy atom. The van der Waals surface area contributed by atoms with Gasteiger partial charge in [0.25, 0.3) is 0 Å². The van der Waals surface area contributed by atoms with Crippen LogP contribution in [-0.4, -0.2) is 52.5 Å². The van der Waals surface area contributed by atoms with Crippen LogP contribution in [0, 0.1) is 0 Å². The van der Waals surface area contributed by atoms with Crippen molar-refractivity contribution in [2.75, 3.05) is 6.61 Å². The zero-order valence-corrected chi connectivity index (χ0v) is 9.54. The van der Waals surface area contributed by atoms with E-state index in [1.54, 1.807) is 0 Å². The molecule has 8 nitrogen and oxygen atoms in total. The summed E-state index contributed by atoms with van der Waals surface area (Å²) in [6.07, 6.45) is 0.455. The molecule has 0 aliphatic carbocycles. The highest BCUT2D eigenvalue weighted by Crippen LogP contribution is 2.11. The lowest BCUT2D eigenvalue weighted by atomic mass is 10.1. The van der Waals surface area contributed by atoms with E-state index in [0.29, 0.717) is 19.2 Å². The number of ketones is 1. The summed E-state index contributed by atoms with van der Waals surface area (Å²) in [5.41, 5.74) is 8.11. The third-order valence-corrected chi connectivity index (χ3v) is 2.49. The van der Waals surface area contributed by atoms with Crippen molar-refractivity contribution in [3.63, 3.8) is 0 Å². The van der Waals surface area contributed by atoms with Crippen LogP contribution in [0.5, 0.6) is 0 Å². The van der Waals surface area contributed by atoms with Gasteiger partial charge >= 0.3 is 12.2 Å². The van der Waals surface area contributed by atoms with Crippen molar-refractivity contribution >= 4 is 23.9 Å². The molecule has 98 valence electrons. The predicted molar refractivity (Wildman–Crippen MR) is 57.8 cm³/mol. The van der Waals surface area contributed by atoms with Gasteiger partial charge in [0.2, 0.25) is 11.7 Å². The zero-order chi connectivity index (χ0) is 13.5. The Balaban J connectivity index is 2.44. The molecule has 8 heteroatoms. The number of hydrogen-bond acceptors (Lipinski definition) is 4. The average Bonchev–Trinajstić information content (AvgIpc) is 2.21. The van der Waals surface area contributed by atoms with Crippen molar-refractivity contribution in [3.8, 4) is 0 Å². The van der Waals surface area contributed by atoms with Crippen LogP contribution in [0.3, 0.4) is 0 Å². The van der Waals surface area contributed by atoms with E-state index >= 15 is 0 Å². The van der Waals surface area contributed by atoms with Crippen LogP contribution in [0.4, 0.5) is 0 Å². The summed E-state index contributed by atoms with van der Waals surface area (Å²) < 4.78 is 4.91. The molecule has 0 bridgehead atoms. The first-order valence-electron chi connectivity index (χ1n) is 5.39. The van der Waals surface area contributed by atoms with Gasteiger partial charge in [0.15, 0.2) is 0 Å². The summed E-state index contributed by atoms with van der Waals surface area (Å²) in [4.78, 5) is 35.9. The van der Waals surface area contributed by atoms with E-state index < -0.39 is 29.8 Å². The van der Waals surface area contributed by atoms with Crippen molar-refractivity contribution < 1.29 is 29.0 Å². The van der Waals surface area contributed by atoms with E-state index in [-0.39, 0.29) is 12.8 Å². The molecule has 1 aliphatic heterocycles. The quantitative estimate of drug-likeness (QED) is 0.342. The van der Waals surface area contributed by atoms with Gasteiger partial charge in [-0.15, -0.1) is 0 Å². The molecule has 1 amide bonds. The second kappa shape index (κ2) is 6.63. The van der Waals surface area contributed by atoms with Gasteiger partial charge in [0.1, 0.15) is 12.1 Å². The molecule has 0 aromatic rings. The van der Waals surface area contributed by atoms with E-state index in [1.807, 2.05) is 0 Å². The van der Waals surface area contributed by atoms with Gasteiger partial charge in [-0.1, -0.05) is 0 Å². The van der Waals surface area contributed by atoms with E-state index in [9.17, 15) is 14.4 Å². The number of rotatable bonds is 7. The molecule has 1 heterocycles. The van der Waals surface area contributed by atoms with E-state index in [1.165, 1.54) is 0 Å². The molecule has 1 saturated heterocycles. The molecule has 0 radical (unpaired) electrons. The van der Waals surface area contributed by atoms with E-state index in [4.69, 9.17) is 15.4 Å². The van der Waals surface area contributed by atoms with Gasteiger partial charge in [-0.2, -0.15) is 4.79 Å². The van der Waals surface area contributed by atoms with E-state index in [2.05, 4.69) is 10.1 Å². The summed E-state index contributed by atoms with van der Waals surface area (Å²) in [7, 11) is 0. The number of Topliss-reactive ketones (excluding diaryl/α,β-unsaturated/α-hetero) is 1. The number of carboxylic acid groups (broad SMARTS) is 1. The van der Waals surface area contributed by atoms with Crippen LogP contribution in [-0.2, 0) is 19.1 Å². The van der Waals surface area contributed by atoms with Gasteiger partial charge in [-0.25, -0.2) is 4.79 Å². The molecule has 2 unspecified atom stereocenters. The molecule has 1 aliphatic rings. The molecule has 0 spiro atoms. The van der Waals surface area contributed by atoms with Crippen molar-refractivity contribution in [1.29, 1.82) is 0 Å². The SMILES string of the molecule is [N-]=[N+]=CC(=O)CCC(NC(=O)C1CCO1)C(=O)O. The average molecular weight is 255 g/mol. The topological polar surface area (TPSA) is 129 Å². The molecule has 1 fully saturated rings. The minimum atomic E-state index is -1.23. The zero-order valence-electron chi connectivity index (χ0n) is 9.54. The lowest BCUT2D eigenvalue weighted by Gasteiger charge is -2.26. The lowest BCUT2D eigenvalue weighted by molar-refractivity contribution is -0.150. The first-order valence-corrected chi connectivity index (χ1v) is 5.39. The maximum atomic E-state index is 11.5. The standard InChI is InChI=1S/C10H13N3O5/c11-12-5-6(14)1-2-7(10(16)17)13-9(15)8-3-4-18-8/h5,7-8H,1-4H2,(H,13,15)(H,16,17). The van der Waals surface area contributed by atoms with Crippen molar-refractivity contribution in [3.05, 3.63) is 5.53 Å². The summed E-state index contributed by atoms with van der Waals surface area (Å²) in [5.74, 6) is -2.23. The molecule has 2 atom stereocenters. The van der Waals surface area contributed by atoms with Crippen LogP contribution >= 0.6 is 0 Å². The Hall–Kier alpha value is -2.05. The highest BCUT2D eigenvalue weighted by atomic mass is 16.5. The highest BCUT2D eigenvalue weighted by molar-refractivity contribution is 6.25. The number of aliphatic carboxylic acids is 1. The summed E-state index contributed by atoms with van der Waals surface area (Å²) >= 11 is 0. The molecule has 0 aromatic heterocycles. The minimum absolute atomic E-state index is 0.0708. The van der Waals surface area contributed by atoms with Crippen molar-refractivity contribution in [1.82, 2.24) is 5.32 Å². The van der Waals surface area contributed by atoms with Crippen LogP contribution in [0.15, 0.2) is 0 Å². The smallest absolute Gasteiger partial charge is 0.326 e. The maximum Gasteiger partial charge on any atom is 0.326 e. The third kappa shape index (κ3) is 4.08. The number of carboxylic acids is 1. The number of ether oxygens (including phenoxy) is 1. The predicted octanol–water partition coefficient (Wildman–Crippen LogP) is -1.01. The summed E-state index contributed by atoms with van der Waals surface area (Å²) in [5, 5.41) is 11.2. The molecule has 0 aromatic carbocycles. The molecular formula is C10H13N3O5. The lowest BCUT2D eigenvalue weighted by Crippen LogP contribution is -2.49. The van der Waals surface area contributed by atoms with E-state index in [0.717, 1.165) is 0 Å². The first-order chi connectivity index (χ1) is 8.54. The highest BCUT2D eigenvalue weighted by Gasteiger charge is 2.30. The van der Waals surface area contributed by atoms with Gasteiger partial charge in [0.05, 0.1) is 6.61 Å². The Bertz CT molecular complexity index is 398. The Labute approximate surface area is 103 Å². The van der Waals surface area contributed by atoms with Crippen LogP contribution in [0.1, 0.15) is 19.3 Å². The fourth-order valence-corrected chi connectivity index (χ4v) is 1.38. The molecule has 1 rings (SSSR count). The van der Waals surface area contributed by atoms with Crippen LogP contribution in [0.2, 0.25) is 0 Å². The number of nitrogens with zero attached hydrogens (tertiary/aromatic N) is 2. The van der Waals surface area contributed by atoms with Crippen molar-refractivity contribution in [2.45, 2.75) is 31.4 Å². The number of hydrogen-bond donors (Lipinski definition) is 2. The summed E-state index contributed by atoms with van der Waals surface area (Å²) in [6.45, 7) is 0.487. The monoisotopic (exact) mass is 255 g/mol. The van der Waals surface area contributed by atoms with Crippen LogP contribution in [0.25, 0.3) is 5.53 Å². The second-order valence-corrected chi connectivity index (χ2v) is 3.80. The Kier molecular flexibility index (Phi) is 5.16. The largest absolute Gasteiger partial charge is 0.480 e. The third-order valence-electron chi connectivity index (χ3n) is 2.49. The molecule has 2 N–H and O–H groups in total. The maximum absolute atomic E-state index is 11.5. The van der Waals surface area contributed by atoms with Gasteiger partial charge in [-0.05, 0) is 6.42 Å². The van der Waals surface area contributed by atoms with Gasteiger partial charge in [-0.3, -0.25) is 9.59 Å². The summed E-state index contributed by atoms with van der Waals surface area (Å²) in [6, 6.07) is -1.15. The number of nitrogens with one attached hydrogen (secondary N) is 1. The normalized spacial score (nSPS) is 19.0. The van der Waals surface area contributed by atoms with Gasteiger partial charge in [0, 0.05) is 12.8 Å². The number of carbonyl (C=O) groups excluding carboxylic acids is 2. The Morgan fingerprint density at radius 2 is 2.22 bits per heavy atom. The Morgan fingerprint density at radius 1 is 1.56 bits per heavy atom. The fourth-order valence-electron chi connectivity index (χ4n) is 1.38. The second-order valence-electron chi connectivity index (χ2n) is 3.80. The minimum Gasteiger partial charge on any atom is -0.480 e. The molecule has 18 heavy (non-hydrogen) atoms.